The summed E-state index contributed by atoms with van der Waals surface area (Å²) in [5, 5.41) is 8.80. The third-order valence-corrected chi connectivity index (χ3v) is 2.88. The Hall–Kier alpha value is -2.14. The smallest absolute Gasteiger partial charge is 0.164 e. The first-order chi connectivity index (χ1) is 8.81. The molecule has 0 unspecified atom stereocenters. The van der Waals surface area contributed by atoms with E-state index in [9.17, 15) is 0 Å². The summed E-state index contributed by atoms with van der Waals surface area (Å²) in [7, 11) is 1.87. The molecule has 0 bridgehead atoms. The van der Waals surface area contributed by atoms with Crippen LogP contribution >= 0.6 is 0 Å². The van der Waals surface area contributed by atoms with Crippen LogP contribution in [0.4, 0.5) is 0 Å². The maximum absolute atomic E-state index is 4.22. The monoisotopic (exact) mass is 241 g/mol. The summed E-state index contributed by atoms with van der Waals surface area (Å²) in [5.41, 5.74) is 2.42. The molecule has 0 spiro atoms. The Labute approximate surface area is 105 Å². The molecule has 0 amide bonds. The first-order valence-electron chi connectivity index (χ1n) is 5.92. The molecule has 5 nitrogen and oxygen atoms in total. The third kappa shape index (κ3) is 2.26. The molecule has 0 saturated heterocycles. The Bertz CT molecular complexity index is 652. The Morgan fingerprint density at radius 1 is 1.28 bits per heavy atom. The van der Waals surface area contributed by atoms with Gasteiger partial charge in [0.1, 0.15) is 6.33 Å². The van der Waals surface area contributed by atoms with Crippen LogP contribution in [0.3, 0.4) is 0 Å². The zero-order chi connectivity index (χ0) is 12.4. The van der Waals surface area contributed by atoms with Crippen molar-refractivity contribution in [2.24, 2.45) is 7.05 Å². The molecule has 0 saturated carbocycles. The van der Waals surface area contributed by atoms with Crippen LogP contribution in [0.25, 0.3) is 10.9 Å². The predicted octanol–water partition coefficient (Wildman–Crippen LogP) is 1.59. The summed E-state index contributed by atoms with van der Waals surface area (Å²) in [6.07, 6.45) is 3.67. The van der Waals surface area contributed by atoms with Crippen molar-refractivity contribution in [3.8, 4) is 0 Å². The first-order valence-corrected chi connectivity index (χ1v) is 5.92. The zero-order valence-corrected chi connectivity index (χ0v) is 10.2. The SMILES string of the molecule is Cn1cnc(CNCc2ccc3cc[nH]c3c2)n1. The predicted molar refractivity (Wildman–Crippen MR) is 69.8 cm³/mol. The fourth-order valence-corrected chi connectivity index (χ4v) is 1.99. The van der Waals surface area contributed by atoms with Gasteiger partial charge >= 0.3 is 0 Å². The van der Waals surface area contributed by atoms with Crippen LogP contribution in [-0.4, -0.2) is 19.7 Å². The number of aryl methyl sites for hydroxylation is 1. The van der Waals surface area contributed by atoms with Gasteiger partial charge in [-0.1, -0.05) is 12.1 Å². The van der Waals surface area contributed by atoms with Crippen molar-refractivity contribution in [2.45, 2.75) is 13.1 Å². The molecular formula is C13H15N5. The molecule has 0 aliphatic carbocycles. The fourth-order valence-electron chi connectivity index (χ4n) is 1.99. The second-order valence-electron chi connectivity index (χ2n) is 4.34. The molecule has 0 fully saturated rings. The lowest BCUT2D eigenvalue weighted by Gasteiger charge is -2.02. The molecule has 3 aromatic rings. The summed E-state index contributed by atoms with van der Waals surface area (Å²) < 4.78 is 1.71. The minimum absolute atomic E-state index is 0.684. The van der Waals surface area contributed by atoms with Crippen LogP contribution in [0.15, 0.2) is 36.8 Å². The molecule has 0 aliphatic rings. The van der Waals surface area contributed by atoms with E-state index in [2.05, 4.69) is 44.6 Å². The molecule has 92 valence electrons. The van der Waals surface area contributed by atoms with E-state index in [0.29, 0.717) is 6.54 Å². The van der Waals surface area contributed by atoms with Gasteiger partial charge in [0, 0.05) is 25.3 Å². The highest BCUT2D eigenvalue weighted by Crippen LogP contribution is 2.13. The highest BCUT2D eigenvalue weighted by Gasteiger charge is 2.00. The number of fused-ring (bicyclic) bond motifs is 1. The normalized spacial score (nSPS) is 11.2. The average Bonchev–Trinajstić information content (AvgIpc) is 2.97. The Morgan fingerprint density at radius 3 is 3.06 bits per heavy atom. The number of hydrogen-bond donors (Lipinski definition) is 2. The highest BCUT2D eigenvalue weighted by molar-refractivity contribution is 5.79. The third-order valence-electron chi connectivity index (χ3n) is 2.88. The molecule has 5 heteroatoms. The first kappa shape index (κ1) is 11.0. The quantitative estimate of drug-likeness (QED) is 0.729. The molecule has 1 aromatic carbocycles. The summed E-state index contributed by atoms with van der Waals surface area (Å²) in [6, 6.07) is 8.50. The zero-order valence-electron chi connectivity index (χ0n) is 10.2. The maximum Gasteiger partial charge on any atom is 0.164 e. The summed E-state index contributed by atoms with van der Waals surface area (Å²) in [6.45, 7) is 1.50. The largest absolute Gasteiger partial charge is 0.361 e. The topological polar surface area (TPSA) is 58.5 Å². The lowest BCUT2D eigenvalue weighted by atomic mass is 10.1. The highest BCUT2D eigenvalue weighted by atomic mass is 15.3. The molecule has 2 aromatic heterocycles. The Kier molecular flexibility index (Phi) is 2.82. The van der Waals surface area contributed by atoms with Crippen LogP contribution in [-0.2, 0) is 20.1 Å². The van der Waals surface area contributed by atoms with Crippen molar-refractivity contribution >= 4 is 10.9 Å². The molecule has 18 heavy (non-hydrogen) atoms. The average molecular weight is 241 g/mol. The van der Waals surface area contributed by atoms with Crippen LogP contribution in [0.1, 0.15) is 11.4 Å². The Morgan fingerprint density at radius 2 is 2.22 bits per heavy atom. The van der Waals surface area contributed by atoms with Crippen LogP contribution in [0, 0.1) is 0 Å². The van der Waals surface area contributed by atoms with Crippen molar-refractivity contribution in [3.05, 3.63) is 48.2 Å². The van der Waals surface area contributed by atoms with E-state index in [1.165, 1.54) is 16.5 Å². The lowest BCUT2D eigenvalue weighted by molar-refractivity contribution is 0.649. The lowest BCUT2D eigenvalue weighted by Crippen LogP contribution is -2.13. The van der Waals surface area contributed by atoms with Gasteiger partial charge in [0.2, 0.25) is 0 Å². The Balaban J connectivity index is 1.62. The second-order valence-corrected chi connectivity index (χ2v) is 4.34. The van der Waals surface area contributed by atoms with Gasteiger partial charge in [-0.3, -0.25) is 4.68 Å². The number of hydrogen-bond acceptors (Lipinski definition) is 3. The second kappa shape index (κ2) is 4.62. The summed E-state index contributed by atoms with van der Waals surface area (Å²) in [5.74, 6) is 0.818. The fraction of sp³-hybridized carbons (Fsp3) is 0.231. The van der Waals surface area contributed by atoms with Gasteiger partial charge in [0.25, 0.3) is 0 Å². The van der Waals surface area contributed by atoms with Crippen molar-refractivity contribution in [1.29, 1.82) is 0 Å². The molecule has 2 heterocycles. The van der Waals surface area contributed by atoms with Crippen LogP contribution < -0.4 is 5.32 Å². The molecule has 0 atom stereocenters. The van der Waals surface area contributed by atoms with E-state index in [1.54, 1.807) is 11.0 Å². The summed E-state index contributed by atoms with van der Waals surface area (Å²) in [4.78, 5) is 7.39. The number of nitrogens with zero attached hydrogens (tertiary/aromatic N) is 3. The van der Waals surface area contributed by atoms with Crippen molar-refractivity contribution < 1.29 is 0 Å². The van der Waals surface area contributed by atoms with Gasteiger partial charge in [0.05, 0.1) is 6.54 Å². The molecule has 0 aliphatic heterocycles. The van der Waals surface area contributed by atoms with Crippen molar-refractivity contribution in [1.82, 2.24) is 25.1 Å². The van der Waals surface area contributed by atoms with Crippen LogP contribution in [0.5, 0.6) is 0 Å². The van der Waals surface area contributed by atoms with Crippen molar-refractivity contribution in [2.75, 3.05) is 0 Å². The number of aromatic nitrogens is 4. The van der Waals surface area contributed by atoms with E-state index in [4.69, 9.17) is 0 Å². The van der Waals surface area contributed by atoms with Crippen molar-refractivity contribution in [3.63, 3.8) is 0 Å². The molecule has 0 radical (unpaired) electrons. The van der Waals surface area contributed by atoms with E-state index in [0.717, 1.165) is 12.4 Å². The molecule has 3 rings (SSSR count). The number of nitrogens with one attached hydrogen (secondary N) is 2. The minimum Gasteiger partial charge on any atom is -0.361 e. The van der Waals surface area contributed by atoms with Gasteiger partial charge in [0.15, 0.2) is 5.82 Å². The number of rotatable bonds is 4. The van der Waals surface area contributed by atoms with Gasteiger partial charge in [-0.25, -0.2) is 4.98 Å². The van der Waals surface area contributed by atoms with Gasteiger partial charge < -0.3 is 10.3 Å². The van der Waals surface area contributed by atoms with Gasteiger partial charge in [-0.15, -0.1) is 0 Å². The van der Waals surface area contributed by atoms with E-state index in [-0.39, 0.29) is 0 Å². The number of benzene rings is 1. The van der Waals surface area contributed by atoms with E-state index in [1.807, 2.05) is 13.2 Å². The molecular weight excluding hydrogens is 226 g/mol. The minimum atomic E-state index is 0.684. The maximum atomic E-state index is 4.22. The number of aromatic amines is 1. The van der Waals surface area contributed by atoms with E-state index < -0.39 is 0 Å². The number of H-pyrrole nitrogens is 1. The van der Waals surface area contributed by atoms with Gasteiger partial charge in [-0.2, -0.15) is 5.10 Å². The van der Waals surface area contributed by atoms with E-state index >= 15 is 0 Å². The summed E-state index contributed by atoms with van der Waals surface area (Å²) >= 11 is 0. The molecule has 2 N–H and O–H groups in total. The standard InChI is InChI=1S/C13H15N5/c1-18-9-16-13(17-18)8-14-7-10-2-3-11-4-5-15-12(11)6-10/h2-6,9,14-15H,7-8H2,1H3. The van der Waals surface area contributed by atoms with Crippen LogP contribution in [0.2, 0.25) is 0 Å². The van der Waals surface area contributed by atoms with Gasteiger partial charge in [-0.05, 0) is 23.1 Å².